The molecule has 29 heavy (non-hydrogen) atoms. The number of hydrogen-bond donors (Lipinski definition) is 2. The van der Waals surface area contributed by atoms with E-state index in [-0.39, 0.29) is 28.7 Å². The Morgan fingerprint density at radius 3 is 2.72 bits per heavy atom. The first-order chi connectivity index (χ1) is 14.0. The minimum absolute atomic E-state index is 0.0370. The van der Waals surface area contributed by atoms with Gasteiger partial charge in [-0.2, -0.15) is 0 Å². The molecule has 150 valence electrons. The van der Waals surface area contributed by atoms with Crippen LogP contribution in [0.3, 0.4) is 0 Å². The van der Waals surface area contributed by atoms with E-state index in [9.17, 15) is 9.18 Å². The summed E-state index contributed by atoms with van der Waals surface area (Å²) < 4.78 is 19.8. The van der Waals surface area contributed by atoms with Crippen molar-refractivity contribution in [3.63, 3.8) is 0 Å². The van der Waals surface area contributed by atoms with Crippen LogP contribution in [0.25, 0.3) is 11.3 Å². The van der Waals surface area contributed by atoms with Crippen LogP contribution in [0, 0.1) is 5.82 Å². The maximum atomic E-state index is 14.4. The average molecular weight is 418 g/mol. The summed E-state index contributed by atoms with van der Waals surface area (Å²) in [6, 6.07) is 4.05. The van der Waals surface area contributed by atoms with Crippen molar-refractivity contribution in [1.82, 2.24) is 20.4 Å². The minimum Gasteiger partial charge on any atom is -0.494 e. The number of hydroxylamine groups is 1. The lowest BCUT2D eigenvalue weighted by atomic mass is 10.1. The van der Waals surface area contributed by atoms with Gasteiger partial charge in [-0.3, -0.25) is 19.6 Å². The van der Waals surface area contributed by atoms with Crippen LogP contribution >= 0.6 is 11.6 Å². The third kappa shape index (κ3) is 4.58. The molecule has 0 spiro atoms. The molecule has 0 aliphatic rings. The van der Waals surface area contributed by atoms with Crippen LogP contribution < -0.4 is 15.5 Å². The zero-order valence-electron chi connectivity index (χ0n) is 15.6. The number of rotatable bonds is 7. The molecule has 1 aromatic carbocycles. The number of benzene rings is 1. The van der Waals surface area contributed by atoms with E-state index in [4.69, 9.17) is 21.2 Å². The van der Waals surface area contributed by atoms with Crippen LogP contribution in [0.4, 0.5) is 15.8 Å². The Kier molecular flexibility index (Phi) is 6.53. The average Bonchev–Trinajstić information content (AvgIpc) is 2.72. The molecule has 0 saturated heterocycles. The first-order valence-electron chi connectivity index (χ1n) is 8.52. The van der Waals surface area contributed by atoms with Gasteiger partial charge in [0.15, 0.2) is 5.75 Å². The summed E-state index contributed by atoms with van der Waals surface area (Å²) >= 11 is 6.11. The Hall–Kier alpha value is -3.30. The largest absolute Gasteiger partial charge is 0.494 e. The Morgan fingerprint density at radius 2 is 2.03 bits per heavy atom. The minimum atomic E-state index is -0.600. The molecule has 3 rings (SSSR count). The predicted molar refractivity (Wildman–Crippen MR) is 106 cm³/mol. The number of hydrogen-bond acceptors (Lipinski definition) is 7. The number of carbonyl (C=O) groups is 1. The van der Waals surface area contributed by atoms with Crippen molar-refractivity contribution in [2.45, 2.75) is 6.92 Å². The van der Waals surface area contributed by atoms with Crippen molar-refractivity contribution < 1.29 is 18.8 Å². The molecule has 0 atom stereocenters. The van der Waals surface area contributed by atoms with E-state index in [1.807, 2.05) is 0 Å². The lowest BCUT2D eigenvalue weighted by Gasteiger charge is -2.17. The number of methoxy groups -OCH3 is 1. The van der Waals surface area contributed by atoms with E-state index in [0.717, 1.165) is 0 Å². The van der Waals surface area contributed by atoms with Crippen molar-refractivity contribution in [2.75, 3.05) is 19.0 Å². The maximum Gasteiger partial charge on any atom is 0.280 e. The van der Waals surface area contributed by atoms with Gasteiger partial charge in [0.2, 0.25) is 0 Å². The standard InChI is InChI=1S/C19H17ClFN5O3/c1-3-29-26-19(27)16-13(4-5-24-18(16)20)25-14-9-11(21)8-12(17(14)28-2)15-10-22-6-7-23-15/h4-10H,3H2,1-2H3,(H,24,25)(H,26,27). The van der Waals surface area contributed by atoms with Gasteiger partial charge >= 0.3 is 0 Å². The van der Waals surface area contributed by atoms with Crippen molar-refractivity contribution in [3.8, 4) is 17.0 Å². The molecule has 0 radical (unpaired) electrons. The van der Waals surface area contributed by atoms with Gasteiger partial charge in [-0.25, -0.2) is 14.9 Å². The smallest absolute Gasteiger partial charge is 0.280 e. The van der Waals surface area contributed by atoms with Gasteiger partial charge in [0.1, 0.15) is 16.5 Å². The molecule has 0 unspecified atom stereocenters. The fraction of sp³-hybridized carbons (Fsp3) is 0.158. The van der Waals surface area contributed by atoms with E-state index in [1.165, 1.54) is 50.1 Å². The number of nitrogens with zero attached hydrogens (tertiary/aromatic N) is 3. The zero-order chi connectivity index (χ0) is 20.8. The van der Waals surface area contributed by atoms with Gasteiger partial charge in [0.05, 0.1) is 37.0 Å². The molecular formula is C19H17ClFN5O3. The highest BCUT2D eigenvalue weighted by molar-refractivity contribution is 6.33. The van der Waals surface area contributed by atoms with Crippen molar-refractivity contribution >= 4 is 28.9 Å². The number of ether oxygens (including phenoxy) is 1. The quantitative estimate of drug-likeness (QED) is 0.446. The number of aromatic nitrogens is 3. The van der Waals surface area contributed by atoms with E-state index >= 15 is 0 Å². The van der Waals surface area contributed by atoms with Crippen molar-refractivity contribution in [3.05, 3.63) is 59.5 Å². The molecule has 0 saturated carbocycles. The van der Waals surface area contributed by atoms with E-state index in [1.54, 1.807) is 6.92 Å². The number of pyridine rings is 1. The van der Waals surface area contributed by atoms with Gasteiger partial charge in [0, 0.05) is 30.2 Å². The second-order valence-electron chi connectivity index (χ2n) is 5.64. The number of nitrogens with one attached hydrogen (secondary N) is 2. The summed E-state index contributed by atoms with van der Waals surface area (Å²) in [4.78, 5) is 29.5. The topological polar surface area (TPSA) is 98.3 Å². The Bertz CT molecular complexity index is 1020. The fourth-order valence-electron chi connectivity index (χ4n) is 2.63. The summed E-state index contributed by atoms with van der Waals surface area (Å²) in [7, 11) is 1.44. The molecule has 1 amide bonds. The molecule has 2 N–H and O–H groups in total. The monoisotopic (exact) mass is 417 g/mol. The van der Waals surface area contributed by atoms with Crippen LogP contribution in [0.5, 0.6) is 5.75 Å². The molecular weight excluding hydrogens is 401 g/mol. The first kappa shape index (κ1) is 20.4. The highest BCUT2D eigenvalue weighted by atomic mass is 35.5. The second kappa shape index (κ2) is 9.26. The number of anilines is 2. The third-order valence-electron chi connectivity index (χ3n) is 3.81. The van der Waals surface area contributed by atoms with Gasteiger partial charge in [-0.05, 0) is 19.1 Å². The summed E-state index contributed by atoms with van der Waals surface area (Å²) in [5, 5.41) is 2.94. The molecule has 3 aromatic rings. The second-order valence-corrected chi connectivity index (χ2v) is 6.00. The van der Waals surface area contributed by atoms with Crippen molar-refractivity contribution in [2.24, 2.45) is 0 Å². The third-order valence-corrected chi connectivity index (χ3v) is 4.09. The lowest BCUT2D eigenvalue weighted by molar-refractivity contribution is 0.0365. The normalized spacial score (nSPS) is 10.5. The summed E-state index contributed by atoms with van der Waals surface area (Å²) in [5.74, 6) is -0.817. The van der Waals surface area contributed by atoms with Crippen LogP contribution in [0.15, 0.2) is 43.0 Å². The maximum absolute atomic E-state index is 14.4. The first-order valence-corrected chi connectivity index (χ1v) is 8.90. The molecule has 10 heteroatoms. The molecule has 0 fully saturated rings. The van der Waals surface area contributed by atoms with E-state index in [2.05, 4.69) is 25.7 Å². The van der Waals surface area contributed by atoms with Crippen LogP contribution in [0.1, 0.15) is 17.3 Å². The SMILES string of the molecule is CCONC(=O)c1c(Nc2cc(F)cc(-c3cnccn3)c2OC)ccnc1Cl. The summed E-state index contributed by atoms with van der Waals surface area (Å²) in [5.41, 5.74) is 3.67. The highest BCUT2D eigenvalue weighted by Crippen LogP contribution is 2.38. The van der Waals surface area contributed by atoms with Gasteiger partial charge in [-0.1, -0.05) is 11.6 Å². The molecule has 2 heterocycles. The Balaban J connectivity index is 2.07. The molecule has 0 aliphatic heterocycles. The van der Waals surface area contributed by atoms with Gasteiger partial charge < -0.3 is 10.1 Å². The number of carbonyl (C=O) groups excluding carboxylic acids is 1. The van der Waals surface area contributed by atoms with Crippen molar-refractivity contribution in [1.29, 1.82) is 0 Å². The number of halogens is 2. The molecule has 8 nitrogen and oxygen atoms in total. The van der Waals surface area contributed by atoms with Gasteiger partial charge in [0.25, 0.3) is 5.91 Å². The predicted octanol–water partition coefficient (Wildman–Crippen LogP) is 3.76. The van der Waals surface area contributed by atoms with Crippen LogP contribution in [-0.4, -0.2) is 34.6 Å². The lowest BCUT2D eigenvalue weighted by Crippen LogP contribution is -2.25. The Morgan fingerprint density at radius 1 is 1.21 bits per heavy atom. The fourth-order valence-corrected chi connectivity index (χ4v) is 2.87. The number of amides is 1. The highest BCUT2D eigenvalue weighted by Gasteiger charge is 2.20. The van der Waals surface area contributed by atoms with Crippen LogP contribution in [-0.2, 0) is 4.84 Å². The van der Waals surface area contributed by atoms with Gasteiger partial charge in [-0.15, -0.1) is 0 Å². The Labute approximate surface area is 171 Å². The van der Waals surface area contributed by atoms with Crippen LogP contribution in [0.2, 0.25) is 5.15 Å². The molecule has 0 aliphatic carbocycles. The summed E-state index contributed by atoms with van der Waals surface area (Å²) in [6.45, 7) is 1.99. The zero-order valence-corrected chi connectivity index (χ0v) is 16.3. The molecule has 2 aromatic heterocycles. The van der Waals surface area contributed by atoms with E-state index in [0.29, 0.717) is 17.0 Å². The summed E-state index contributed by atoms with van der Waals surface area (Å²) in [6.07, 6.45) is 5.91. The molecule has 0 bridgehead atoms. The van der Waals surface area contributed by atoms with E-state index < -0.39 is 11.7 Å².